The first-order chi connectivity index (χ1) is 13.1. The number of benzene rings is 1. The number of carbonyl (C=O) groups is 1. The molecule has 0 radical (unpaired) electrons. The van der Waals surface area contributed by atoms with Crippen LogP contribution in [0.4, 0.5) is 0 Å². The van der Waals surface area contributed by atoms with Gasteiger partial charge in [-0.3, -0.25) is 4.79 Å². The van der Waals surface area contributed by atoms with Gasteiger partial charge in [-0.1, -0.05) is 23.7 Å². The molecule has 0 unspecified atom stereocenters. The normalized spacial score (nSPS) is 14.0. The molecule has 4 rings (SSSR count). The second-order valence-electron chi connectivity index (χ2n) is 6.30. The van der Waals surface area contributed by atoms with Crippen LogP contribution >= 0.6 is 22.9 Å². The molecule has 0 atom stereocenters. The molecule has 0 saturated heterocycles. The molecule has 6 nitrogen and oxygen atoms in total. The molecule has 8 heteroatoms. The van der Waals surface area contributed by atoms with Gasteiger partial charge in [-0.15, -0.1) is 21.5 Å². The van der Waals surface area contributed by atoms with E-state index in [2.05, 4.69) is 15.2 Å². The molecule has 0 aliphatic heterocycles. The maximum atomic E-state index is 12.6. The quantitative estimate of drug-likeness (QED) is 0.575. The van der Waals surface area contributed by atoms with E-state index >= 15 is 0 Å². The zero-order valence-corrected chi connectivity index (χ0v) is 16.2. The predicted molar refractivity (Wildman–Crippen MR) is 104 cm³/mol. The molecule has 1 aliphatic rings. The van der Waals surface area contributed by atoms with Crippen molar-refractivity contribution in [3.05, 3.63) is 57.3 Å². The second kappa shape index (κ2) is 7.62. The number of halogens is 1. The van der Waals surface area contributed by atoms with Gasteiger partial charge >= 0.3 is 0 Å². The summed E-state index contributed by atoms with van der Waals surface area (Å²) in [6.07, 6.45) is 5.27. The molecular weight excluding hydrogens is 384 g/mol. The summed E-state index contributed by atoms with van der Waals surface area (Å²) < 4.78 is 5.74. The molecule has 2 aromatic heterocycles. The number of amides is 1. The minimum atomic E-state index is -0.0827. The van der Waals surface area contributed by atoms with Crippen LogP contribution in [0.1, 0.15) is 29.4 Å². The lowest BCUT2D eigenvalue weighted by molar-refractivity contribution is -0.127. The van der Waals surface area contributed by atoms with Crippen molar-refractivity contribution < 1.29 is 9.21 Å². The zero-order valence-electron chi connectivity index (χ0n) is 14.6. The van der Waals surface area contributed by atoms with Gasteiger partial charge in [-0.05, 0) is 38.0 Å². The molecule has 3 aromatic rings. The Morgan fingerprint density at radius 2 is 2.19 bits per heavy atom. The van der Waals surface area contributed by atoms with Crippen molar-refractivity contribution in [2.45, 2.75) is 32.4 Å². The molecule has 2 heterocycles. The monoisotopic (exact) mass is 400 g/mol. The molecule has 0 N–H and O–H groups in total. The first-order valence-corrected chi connectivity index (χ1v) is 9.84. The molecule has 1 amide bonds. The van der Waals surface area contributed by atoms with Crippen LogP contribution in [0, 0.1) is 6.92 Å². The number of aryl methyl sites for hydroxylation is 1. The summed E-state index contributed by atoms with van der Waals surface area (Å²) in [7, 11) is 0. The highest BCUT2D eigenvalue weighted by Gasteiger charge is 2.33. The van der Waals surface area contributed by atoms with E-state index in [0.717, 1.165) is 23.5 Å². The molecule has 0 bridgehead atoms. The van der Waals surface area contributed by atoms with Crippen molar-refractivity contribution in [3.8, 4) is 11.5 Å². The third-order valence-electron chi connectivity index (χ3n) is 4.18. The highest BCUT2D eigenvalue weighted by molar-refractivity contribution is 7.09. The number of carbonyl (C=O) groups excluding carboxylic acids is 1. The summed E-state index contributed by atoms with van der Waals surface area (Å²) in [4.78, 5) is 18.7. The molecular formula is C19H17ClN4O2S. The minimum Gasteiger partial charge on any atom is -0.419 e. The summed E-state index contributed by atoms with van der Waals surface area (Å²) in [5.74, 6) is 0.663. The van der Waals surface area contributed by atoms with Gasteiger partial charge in [0.1, 0.15) is 0 Å². The molecule has 138 valence electrons. The van der Waals surface area contributed by atoms with Crippen molar-refractivity contribution >= 4 is 34.9 Å². The molecule has 0 spiro atoms. The van der Waals surface area contributed by atoms with Crippen LogP contribution in [0.2, 0.25) is 5.02 Å². The first-order valence-electron chi connectivity index (χ1n) is 8.58. The Morgan fingerprint density at radius 3 is 2.89 bits per heavy atom. The SMILES string of the molecule is Cc1nc(/C=C/C(=O)N(Cc2nnc(-c3ccccc3Cl)o2)C2CC2)cs1. The number of thiazole rings is 1. The molecule has 1 aromatic carbocycles. The first kappa shape index (κ1) is 17.9. The third-order valence-corrected chi connectivity index (χ3v) is 5.30. The summed E-state index contributed by atoms with van der Waals surface area (Å²) in [5.41, 5.74) is 1.47. The number of nitrogens with zero attached hydrogens (tertiary/aromatic N) is 4. The lowest BCUT2D eigenvalue weighted by Crippen LogP contribution is -2.31. The summed E-state index contributed by atoms with van der Waals surface area (Å²) in [6.45, 7) is 2.22. The van der Waals surface area contributed by atoms with Crippen LogP contribution in [-0.2, 0) is 11.3 Å². The van der Waals surface area contributed by atoms with E-state index in [4.69, 9.17) is 16.0 Å². The van der Waals surface area contributed by atoms with Gasteiger partial charge in [-0.2, -0.15) is 0 Å². The van der Waals surface area contributed by atoms with Crippen LogP contribution in [0.5, 0.6) is 0 Å². The molecule has 1 saturated carbocycles. The van der Waals surface area contributed by atoms with Crippen LogP contribution < -0.4 is 0 Å². The highest BCUT2D eigenvalue weighted by atomic mass is 35.5. The van der Waals surface area contributed by atoms with Crippen molar-refractivity contribution in [2.24, 2.45) is 0 Å². The van der Waals surface area contributed by atoms with Crippen molar-refractivity contribution in [2.75, 3.05) is 0 Å². The fraction of sp³-hybridized carbons (Fsp3) is 0.263. The van der Waals surface area contributed by atoms with Gasteiger partial charge in [0.15, 0.2) is 0 Å². The van der Waals surface area contributed by atoms with Crippen LogP contribution in [-0.4, -0.2) is 32.0 Å². The van der Waals surface area contributed by atoms with E-state index in [0.29, 0.717) is 22.4 Å². The predicted octanol–water partition coefficient (Wildman–Crippen LogP) is 4.36. The number of aromatic nitrogens is 3. The van der Waals surface area contributed by atoms with Crippen molar-refractivity contribution in [1.82, 2.24) is 20.1 Å². The topological polar surface area (TPSA) is 72.1 Å². The smallest absolute Gasteiger partial charge is 0.249 e. The highest BCUT2D eigenvalue weighted by Crippen LogP contribution is 2.30. The van der Waals surface area contributed by atoms with E-state index in [1.165, 1.54) is 0 Å². The average Bonchev–Trinajstić information content (AvgIpc) is 3.25. The molecule has 27 heavy (non-hydrogen) atoms. The lowest BCUT2D eigenvalue weighted by atomic mass is 10.2. The van der Waals surface area contributed by atoms with Gasteiger partial charge in [0.05, 0.1) is 27.8 Å². The largest absolute Gasteiger partial charge is 0.419 e. The molecule has 1 fully saturated rings. The Balaban J connectivity index is 1.48. The van der Waals surface area contributed by atoms with E-state index in [1.54, 1.807) is 34.5 Å². The number of hydrogen-bond acceptors (Lipinski definition) is 6. The Morgan fingerprint density at radius 1 is 1.37 bits per heavy atom. The third kappa shape index (κ3) is 4.26. The maximum Gasteiger partial charge on any atom is 0.249 e. The Kier molecular flexibility index (Phi) is 5.05. The van der Waals surface area contributed by atoms with Gasteiger partial charge < -0.3 is 9.32 Å². The number of hydrogen-bond donors (Lipinski definition) is 0. The fourth-order valence-electron chi connectivity index (χ4n) is 2.69. The van der Waals surface area contributed by atoms with Gasteiger partial charge in [0.25, 0.3) is 0 Å². The van der Waals surface area contributed by atoms with E-state index in [1.807, 2.05) is 30.5 Å². The van der Waals surface area contributed by atoms with E-state index in [-0.39, 0.29) is 18.5 Å². The summed E-state index contributed by atoms with van der Waals surface area (Å²) in [6, 6.07) is 7.51. The van der Waals surface area contributed by atoms with Crippen LogP contribution in [0.25, 0.3) is 17.5 Å². The van der Waals surface area contributed by atoms with E-state index < -0.39 is 0 Å². The standard InChI is InChI=1S/C19H17ClN4O2S/c1-12-21-13(11-27-12)6-9-18(25)24(14-7-8-14)10-17-22-23-19(26-17)15-4-2-3-5-16(15)20/h2-6,9,11,14H,7-8,10H2,1H3/b9-6+. The van der Waals surface area contributed by atoms with Gasteiger partial charge in [-0.25, -0.2) is 4.98 Å². The van der Waals surface area contributed by atoms with Gasteiger partial charge in [0, 0.05) is 17.5 Å². The van der Waals surface area contributed by atoms with Crippen molar-refractivity contribution in [3.63, 3.8) is 0 Å². The Bertz CT molecular complexity index is 993. The van der Waals surface area contributed by atoms with E-state index in [9.17, 15) is 4.79 Å². The Hall–Kier alpha value is -2.51. The molecule has 1 aliphatic carbocycles. The van der Waals surface area contributed by atoms with Crippen LogP contribution in [0.3, 0.4) is 0 Å². The second-order valence-corrected chi connectivity index (χ2v) is 7.77. The van der Waals surface area contributed by atoms with Crippen LogP contribution in [0.15, 0.2) is 40.1 Å². The fourth-order valence-corrected chi connectivity index (χ4v) is 3.49. The Labute approximate surface area is 165 Å². The van der Waals surface area contributed by atoms with Crippen molar-refractivity contribution in [1.29, 1.82) is 0 Å². The lowest BCUT2D eigenvalue weighted by Gasteiger charge is -2.18. The van der Waals surface area contributed by atoms with Gasteiger partial charge in [0.2, 0.25) is 17.7 Å². The summed E-state index contributed by atoms with van der Waals surface area (Å²) in [5, 5.41) is 11.6. The average molecular weight is 401 g/mol. The number of rotatable bonds is 6. The maximum absolute atomic E-state index is 12.6. The minimum absolute atomic E-state index is 0.0827. The summed E-state index contributed by atoms with van der Waals surface area (Å²) >= 11 is 7.74. The zero-order chi connectivity index (χ0) is 18.8.